The number of amides is 1. The largest absolute Gasteiger partial charge is 0.449 e. The minimum atomic E-state index is -0.360. The minimum absolute atomic E-state index is 0.0354. The zero-order valence-corrected chi connectivity index (χ0v) is 16.5. The van der Waals surface area contributed by atoms with Crippen LogP contribution in [0.4, 0.5) is 0 Å². The highest BCUT2D eigenvalue weighted by atomic mass is 35.5. The Kier molecular flexibility index (Phi) is 5.09. The molecule has 1 saturated heterocycles. The number of aryl methyl sites for hydroxylation is 1. The summed E-state index contributed by atoms with van der Waals surface area (Å²) in [6, 6.07) is 4.14. The van der Waals surface area contributed by atoms with Crippen LogP contribution in [0.5, 0.6) is 0 Å². The molecule has 0 unspecified atom stereocenters. The monoisotopic (exact) mass is 422 g/mol. The Hall–Kier alpha value is -2.42. The van der Waals surface area contributed by atoms with Crippen LogP contribution in [-0.2, 0) is 6.54 Å². The first-order valence-corrected chi connectivity index (χ1v) is 9.40. The molecule has 4 rings (SSSR count). The van der Waals surface area contributed by atoms with E-state index in [0.29, 0.717) is 37.7 Å². The van der Waals surface area contributed by atoms with Gasteiger partial charge in [-0.1, -0.05) is 33.5 Å². The number of fused-ring (bicyclic) bond motifs is 1. The second-order valence-corrected chi connectivity index (χ2v) is 7.45. The molecular weight excluding hydrogens is 407 g/mol. The molecule has 0 N–H and O–H groups in total. The van der Waals surface area contributed by atoms with Gasteiger partial charge >= 0.3 is 0 Å². The Morgan fingerprint density at radius 1 is 1.14 bits per heavy atom. The standard InChI is InChI=1S/C18H16Cl2N4O4/c1-10-14(22-28-21-10)9-23-2-4-24(5-3-23)18(26)16-8-15(25)12-6-11(19)7-13(20)17(12)27-16/h6-8H,2-5,9H2,1H3. The predicted molar refractivity (Wildman–Crippen MR) is 103 cm³/mol. The number of rotatable bonds is 3. The Bertz CT molecular complexity index is 1100. The smallest absolute Gasteiger partial charge is 0.289 e. The van der Waals surface area contributed by atoms with Crippen molar-refractivity contribution in [1.29, 1.82) is 0 Å². The number of hydrogen-bond donors (Lipinski definition) is 0. The van der Waals surface area contributed by atoms with Crippen LogP contribution in [0.15, 0.2) is 32.0 Å². The number of benzene rings is 1. The third-order valence-corrected chi connectivity index (χ3v) is 5.24. The number of aromatic nitrogens is 2. The summed E-state index contributed by atoms with van der Waals surface area (Å²) in [5.74, 6) is -0.379. The number of hydrogen-bond acceptors (Lipinski definition) is 7. The maximum absolute atomic E-state index is 12.8. The molecule has 3 aromatic rings. The average molecular weight is 423 g/mol. The highest BCUT2D eigenvalue weighted by Crippen LogP contribution is 2.27. The van der Waals surface area contributed by atoms with E-state index in [0.717, 1.165) is 11.4 Å². The van der Waals surface area contributed by atoms with Crippen LogP contribution in [0.1, 0.15) is 21.9 Å². The van der Waals surface area contributed by atoms with E-state index in [2.05, 4.69) is 15.2 Å². The van der Waals surface area contributed by atoms with Crippen molar-refractivity contribution in [3.63, 3.8) is 0 Å². The fraction of sp³-hybridized carbons (Fsp3) is 0.333. The van der Waals surface area contributed by atoms with Gasteiger partial charge in [-0.2, -0.15) is 0 Å². The molecule has 1 amide bonds. The van der Waals surface area contributed by atoms with Gasteiger partial charge in [0.25, 0.3) is 5.91 Å². The van der Waals surface area contributed by atoms with Crippen molar-refractivity contribution >= 4 is 40.1 Å². The van der Waals surface area contributed by atoms with Gasteiger partial charge in [-0.05, 0) is 19.1 Å². The Balaban J connectivity index is 1.50. The van der Waals surface area contributed by atoms with E-state index >= 15 is 0 Å². The van der Waals surface area contributed by atoms with Gasteiger partial charge in [0.15, 0.2) is 16.8 Å². The van der Waals surface area contributed by atoms with Gasteiger partial charge in [-0.25, -0.2) is 4.63 Å². The molecule has 1 aromatic carbocycles. The van der Waals surface area contributed by atoms with Gasteiger partial charge in [-0.3, -0.25) is 14.5 Å². The molecule has 3 heterocycles. The third kappa shape index (κ3) is 3.63. The summed E-state index contributed by atoms with van der Waals surface area (Å²) in [5, 5.41) is 8.42. The Labute approximate surface area is 169 Å². The van der Waals surface area contributed by atoms with Crippen LogP contribution in [0, 0.1) is 6.92 Å². The van der Waals surface area contributed by atoms with E-state index in [1.807, 2.05) is 6.92 Å². The van der Waals surface area contributed by atoms with Crippen molar-refractivity contribution in [3.05, 3.63) is 55.6 Å². The van der Waals surface area contributed by atoms with Crippen LogP contribution < -0.4 is 5.43 Å². The molecule has 28 heavy (non-hydrogen) atoms. The molecule has 0 atom stereocenters. The maximum atomic E-state index is 12.8. The summed E-state index contributed by atoms with van der Waals surface area (Å²) in [4.78, 5) is 29.0. The van der Waals surface area contributed by atoms with Crippen molar-refractivity contribution in [2.75, 3.05) is 26.2 Å². The van der Waals surface area contributed by atoms with Gasteiger partial charge in [-0.15, -0.1) is 0 Å². The van der Waals surface area contributed by atoms with E-state index in [1.54, 1.807) is 4.90 Å². The number of carbonyl (C=O) groups excluding carboxylic acids is 1. The lowest BCUT2D eigenvalue weighted by Gasteiger charge is -2.33. The molecule has 0 bridgehead atoms. The van der Waals surface area contributed by atoms with E-state index in [9.17, 15) is 9.59 Å². The van der Waals surface area contributed by atoms with Crippen LogP contribution in [0.3, 0.4) is 0 Å². The topological polar surface area (TPSA) is 92.7 Å². The van der Waals surface area contributed by atoms with Gasteiger partial charge in [0.2, 0.25) is 0 Å². The van der Waals surface area contributed by atoms with E-state index in [-0.39, 0.29) is 33.1 Å². The van der Waals surface area contributed by atoms with Crippen molar-refractivity contribution in [2.24, 2.45) is 0 Å². The number of nitrogens with zero attached hydrogens (tertiary/aromatic N) is 4. The SMILES string of the molecule is Cc1nonc1CN1CCN(C(=O)c2cc(=O)c3cc(Cl)cc(Cl)c3o2)CC1. The summed E-state index contributed by atoms with van der Waals surface area (Å²) >= 11 is 12.1. The summed E-state index contributed by atoms with van der Waals surface area (Å²) in [5.41, 5.74) is 1.35. The molecule has 10 heteroatoms. The normalized spacial score (nSPS) is 15.3. The first-order valence-electron chi connectivity index (χ1n) is 8.65. The van der Waals surface area contributed by atoms with Gasteiger partial charge in [0.05, 0.1) is 10.4 Å². The molecule has 8 nitrogen and oxygen atoms in total. The number of halogens is 2. The van der Waals surface area contributed by atoms with Crippen molar-refractivity contribution < 1.29 is 13.8 Å². The second-order valence-electron chi connectivity index (χ2n) is 6.60. The fourth-order valence-corrected chi connectivity index (χ4v) is 3.69. The molecule has 146 valence electrons. The zero-order chi connectivity index (χ0) is 19.8. The summed E-state index contributed by atoms with van der Waals surface area (Å²) in [6.45, 7) is 4.77. The van der Waals surface area contributed by atoms with Crippen LogP contribution in [0.25, 0.3) is 11.0 Å². The molecule has 0 spiro atoms. The molecule has 0 saturated carbocycles. The van der Waals surface area contributed by atoms with Crippen LogP contribution >= 0.6 is 23.2 Å². The zero-order valence-electron chi connectivity index (χ0n) is 14.9. The summed E-state index contributed by atoms with van der Waals surface area (Å²) < 4.78 is 10.4. The fourth-order valence-electron chi connectivity index (χ4n) is 3.16. The second kappa shape index (κ2) is 7.54. The lowest BCUT2D eigenvalue weighted by molar-refractivity contribution is 0.0595. The van der Waals surface area contributed by atoms with E-state index in [4.69, 9.17) is 32.2 Å². The van der Waals surface area contributed by atoms with Crippen molar-refractivity contribution in [3.8, 4) is 0 Å². The van der Waals surface area contributed by atoms with Gasteiger partial charge in [0, 0.05) is 43.8 Å². The highest BCUT2D eigenvalue weighted by molar-refractivity contribution is 6.38. The number of piperazine rings is 1. The summed E-state index contributed by atoms with van der Waals surface area (Å²) in [6.07, 6.45) is 0. The maximum Gasteiger partial charge on any atom is 0.289 e. The van der Waals surface area contributed by atoms with Gasteiger partial charge < -0.3 is 9.32 Å². The van der Waals surface area contributed by atoms with Crippen LogP contribution in [0.2, 0.25) is 10.0 Å². The number of carbonyl (C=O) groups is 1. The molecule has 1 aliphatic heterocycles. The van der Waals surface area contributed by atoms with E-state index < -0.39 is 0 Å². The van der Waals surface area contributed by atoms with Crippen LogP contribution in [-0.4, -0.2) is 52.2 Å². The predicted octanol–water partition coefficient (Wildman–Crippen LogP) is 2.75. The Morgan fingerprint density at radius 2 is 1.89 bits per heavy atom. The van der Waals surface area contributed by atoms with Gasteiger partial charge in [0.1, 0.15) is 11.4 Å². The molecule has 0 aliphatic carbocycles. The lowest BCUT2D eigenvalue weighted by atomic mass is 10.2. The van der Waals surface area contributed by atoms with Crippen molar-refractivity contribution in [1.82, 2.24) is 20.1 Å². The molecule has 1 aliphatic rings. The Morgan fingerprint density at radius 3 is 2.57 bits per heavy atom. The highest BCUT2D eigenvalue weighted by Gasteiger charge is 2.25. The molecule has 2 aromatic heterocycles. The lowest BCUT2D eigenvalue weighted by Crippen LogP contribution is -2.48. The minimum Gasteiger partial charge on any atom is -0.449 e. The van der Waals surface area contributed by atoms with E-state index in [1.165, 1.54) is 18.2 Å². The quantitative estimate of drug-likeness (QED) is 0.640. The summed E-state index contributed by atoms with van der Waals surface area (Å²) in [7, 11) is 0. The third-order valence-electron chi connectivity index (χ3n) is 4.74. The average Bonchev–Trinajstić information content (AvgIpc) is 3.07. The molecule has 1 fully saturated rings. The first kappa shape index (κ1) is 18.9. The molecule has 0 radical (unpaired) electrons. The first-order chi connectivity index (χ1) is 13.4. The van der Waals surface area contributed by atoms with Crippen molar-refractivity contribution in [2.45, 2.75) is 13.5 Å². The molecular formula is C18H16Cl2N4O4.